The molecule has 1 aromatic rings. The van der Waals surface area contributed by atoms with Crippen LogP contribution in [0.25, 0.3) is 0 Å². The third kappa shape index (κ3) is 3.57. The number of nitrogens with zero attached hydrogens (tertiary/aromatic N) is 3. The maximum absolute atomic E-state index is 11.7. The SMILES string of the molecule is CC(=O)N1CCO[C@@]2(CCCN(Cc3ccccc3[N+](=O)[O-])C2)C1. The molecule has 0 aliphatic carbocycles. The van der Waals surface area contributed by atoms with E-state index in [1.807, 2.05) is 17.0 Å². The lowest BCUT2D eigenvalue weighted by Crippen LogP contribution is -2.60. The lowest BCUT2D eigenvalue weighted by Gasteiger charge is -2.48. The first-order chi connectivity index (χ1) is 11.5. The average molecular weight is 333 g/mol. The van der Waals surface area contributed by atoms with Crippen LogP contribution in [0.15, 0.2) is 24.3 Å². The number of benzene rings is 1. The molecular formula is C17H23N3O4. The summed E-state index contributed by atoms with van der Waals surface area (Å²) in [7, 11) is 0. The van der Waals surface area contributed by atoms with Gasteiger partial charge in [0.1, 0.15) is 0 Å². The molecule has 2 heterocycles. The fraction of sp³-hybridized carbons (Fsp3) is 0.588. The normalized spacial score (nSPS) is 25.0. The van der Waals surface area contributed by atoms with E-state index >= 15 is 0 Å². The van der Waals surface area contributed by atoms with E-state index in [4.69, 9.17) is 4.74 Å². The zero-order chi connectivity index (χ0) is 17.2. The van der Waals surface area contributed by atoms with Gasteiger partial charge in [0.25, 0.3) is 5.69 Å². The Bertz CT molecular complexity index is 632. The molecule has 130 valence electrons. The Kier molecular flexibility index (Phi) is 4.82. The molecule has 2 aliphatic rings. The number of hydrogen-bond acceptors (Lipinski definition) is 5. The van der Waals surface area contributed by atoms with Crippen molar-refractivity contribution in [3.05, 3.63) is 39.9 Å². The summed E-state index contributed by atoms with van der Waals surface area (Å²) in [6, 6.07) is 6.87. The second-order valence-electron chi connectivity index (χ2n) is 6.67. The van der Waals surface area contributed by atoms with Gasteiger partial charge in [-0.2, -0.15) is 0 Å². The number of para-hydroxylation sites is 1. The first kappa shape index (κ1) is 16.9. The molecule has 24 heavy (non-hydrogen) atoms. The minimum absolute atomic E-state index is 0.0773. The number of ether oxygens (including phenoxy) is 1. The van der Waals surface area contributed by atoms with E-state index in [0.717, 1.165) is 24.9 Å². The summed E-state index contributed by atoms with van der Waals surface area (Å²) < 4.78 is 6.06. The molecule has 2 fully saturated rings. The third-order valence-corrected chi connectivity index (χ3v) is 4.89. The number of nitro benzene ring substituents is 1. The molecule has 1 spiro atoms. The van der Waals surface area contributed by atoms with Gasteiger partial charge in [-0.15, -0.1) is 0 Å². The minimum atomic E-state index is -0.342. The highest BCUT2D eigenvalue weighted by Gasteiger charge is 2.41. The second-order valence-corrected chi connectivity index (χ2v) is 6.67. The van der Waals surface area contributed by atoms with Crippen LogP contribution in [-0.4, -0.2) is 59.0 Å². The van der Waals surface area contributed by atoms with Crippen molar-refractivity contribution in [1.82, 2.24) is 9.80 Å². The average Bonchev–Trinajstić information content (AvgIpc) is 2.55. The summed E-state index contributed by atoms with van der Waals surface area (Å²) in [5.74, 6) is 0.0773. The first-order valence-electron chi connectivity index (χ1n) is 8.33. The van der Waals surface area contributed by atoms with Crippen LogP contribution in [0.3, 0.4) is 0 Å². The third-order valence-electron chi connectivity index (χ3n) is 4.89. The van der Waals surface area contributed by atoms with E-state index in [-0.39, 0.29) is 22.1 Å². The van der Waals surface area contributed by atoms with Gasteiger partial charge in [0.15, 0.2) is 0 Å². The maximum Gasteiger partial charge on any atom is 0.273 e. The van der Waals surface area contributed by atoms with E-state index in [1.54, 1.807) is 19.1 Å². The predicted molar refractivity (Wildman–Crippen MR) is 88.5 cm³/mol. The Balaban J connectivity index is 1.72. The van der Waals surface area contributed by atoms with Gasteiger partial charge in [-0.1, -0.05) is 18.2 Å². The molecule has 2 saturated heterocycles. The summed E-state index contributed by atoms with van der Waals surface area (Å²) in [5, 5.41) is 11.2. The molecule has 0 N–H and O–H groups in total. The number of morpholine rings is 1. The zero-order valence-electron chi connectivity index (χ0n) is 13.9. The van der Waals surface area contributed by atoms with Gasteiger partial charge in [0.05, 0.1) is 23.7 Å². The first-order valence-corrected chi connectivity index (χ1v) is 8.33. The van der Waals surface area contributed by atoms with Crippen molar-refractivity contribution in [2.45, 2.75) is 31.9 Å². The molecule has 7 heteroatoms. The molecule has 0 unspecified atom stereocenters. The Labute approximate surface area is 141 Å². The predicted octanol–water partition coefficient (Wildman–Crippen LogP) is 1.81. The summed E-state index contributed by atoms with van der Waals surface area (Å²) >= 11 is 0. The Morgan fingerprint density at radius 3 is 2.88 bits per heavy atom. The van der Waals surface area contributed by atoms with Crippen LogP contribution in [0, 0.1) is 10.1 Å². The van der Waals surface area contributed by atoms with Crippen LogP contribution in [-0.2, 0) is 16.1 Å². The monoisotopic (exact) mass is 333 g/mol. The molecule has 1 atom stereocenters. The Hall–Kier alpha value is -1.99. The second kappa shape index (κ2) is 6.86. The molecule has 7 nitrogen and oxygen atoms in total. The largest absolute Gasteiger partial charge is 0.370 e. The van der Waals surface area contributed by atoms with Crippen molar-refractivity contribution >= 4 is 11.6 Å². The van der Waals surface area contributed by atoms with Crippen LogP contribution in [0.5, 0.6) is 0 Å². The topological polar surface area (TPSA) is 75.9 Å². The molecule has 1 amide bonds. The number of hydrogen-bond donors (Lipinski definition) is 0. The minimum Gasteiger partial charge on any atom is -0.370 e. The van der Waals surface area contributed by atoms with Crippen LogP contribution in [0.2, 0.25) is 0 Å². The van der Waals surface area contributed by atoms with Gasteiger partial charge in [-0.3, -0.25) is 19.8 Å². The van der Waals surface area contributed by atoms with E-state index in [1.165, 1.54) is 0 Å². The molecule has 0 aromatic heterocycles. The summed E-state index contributed by atoms with van der Waals surface area (Å²) in [6.07, 6.45) is 1.89. The number of rotatable bonds is 3. The van der Waals surface area contributed by atoms with Crippen LogP contribution >= 0.6 is 0 Å². The molecular weight excluding hydrogens is 310 g/mol. The lowest BCUT2D eigenvalue weighted by molar-refractivity contribution is -0.385. The lowest BCUT2D eigenvalue weighted by atomic mass is 9.90. The van der Waals surface area contributed by atoms with Crippen molar-refractivity contribution in [1.29, 1.82) is 0 Å². The zero-order valence-corrected chi connectivity index (χ0v) is 13.9. The molecule has 1 aromatic carbocycles. The van der Waals surface area contributed by atoms with E-state index < -0.39 is 0 Å². The van der Waals surface area contributed by atoms with E-state index in [2.05, 4.69) is 4.90 Å². The van der Waals surface area contributed by atoms with Crippen molar-refractivity contribution in [3.63, 3.8) is 0 Å². The summed E-state index contributed by atoms with van der Waals surface area (Å²) in [4.78, 5) is 26.6. The van der Waals surface area contributed by atoms with Crippen LogP contribution in [0.4, 0.5) is 5.69 Å². The highest BCUT2D eigenvalue weighted by Crippen LogP contribution is 2.31. The van der Waals surface area contributed by atoms with Gasteiger partial charge in [-0.25, -0.2) is 0 Å². The van der Waals surface area contributed by atoms with Gasteiger partial charge in [0.2, 0.25) is 5.91 Å². The fourth-order valence-electron chi connectivity index (χ4n) is 3.75. The Morgan fingerprint density at radius 1 is 1.33 bits per heavy atom. The molecule has 0 saturated carbocycles. The fourth-order valence-corrected chi connectivity index (χ4v) is 3.75. The number of likely N-dealkylation sites (tertiary alicyclic amines) is 1. The number of nitro groups is 1. The Morgan fingerprint density at radius 2 is 2.12 bits per heavy atom. The van der Waals surface area contributed by atoms with E-state index in [0.29, 0.717) is 32.8 Å². The quantitative estimate of drug-likeness (QED) is 0.623. The van der Waals surface area contributed by atoms with Crippen molar-refractivity contribution < 1.29 is 14.5 Å². The van der Waals surface area contributed by atoms with Crippen LogP contribution < -0.4 is 0 Å². The van der Waals surface area contributed by atoms with Crippen molar-refractivity contribution in [2.24, 2.45) is 0 Å². The highest BCUT2D eigenvalue weighted by molar-refractivity contribution is 5.73. The van der Waals surface area contributed by atoms with Gasteiger partial charge in [-0.05, 0) is 19.4 Å². The number of carbonyl (C=O) groups is 1. The standard InChI is InChI=1S/C17H23N3O4/c1-14(21)19-9-10-24-17(13-19)7-4-8-18(12-17)11-15-5-2-3-6-16(15)20(22)23/h2-3,5-6H,4,7-13H2,1H3/t17-/m1/s1. The molecule has 0 radical (unpaired) electrons. The number of piperidine rings is 1. The number of carbonyl (C=O) groups excluding carboxylic acids is 1. The van der Waals surface area contributed by atoms with Crippen molar-refractivity contribution in [3.8, 4) is 0 Å². The number of amides is 1. The molecule has 2 aliphatic heterocycles. The van der Waals surface area contributed by atoms with Gasteiger partial charge >= 0.3 is 0 Å². The van der Waals surface area contributed by atoms with E-state index in [9.17, 15) is 14.9 Å². The van der Waals surface area contributed by atoms with Gasteiger partial charge in [0, 0.05) is 38.2 Å². The summed E-state index contributed by atoms with van der Waals surface area (Å²) in [6.45, 7) is 5.51. The maximum atomic E-state index is 11.7. The molecule has 0 bridgehead atoms. The molecule has 3 rings (SSSR count). The van der Waals surface area contributed by atoms with Crippen molar-refractivity contribution in [2.75, 3.05) is 32.8 Å². The van der Waals surface area contributed by atoms with Gasteiger partial charge < -0.3 is 9.64 Å². The summed E-state index contributed by atoms with van der Waals surface area (Å²) in [5.41, 5.74) is 0.539. The highest BCUT2D eigenvalue weighted by atomic mass is 16.6. The smallest absolute Gasteiger partial charge is 0.273 e. The van der Waals surface area contributed by atoms with Crippen LogP contribution in [0.1, 0.15) is 25.3 Å².